The summed E-state index contributed by atoms with van der Waals surface area (Å²) in [7, 11) is 0. The lowest BCUT2D eigenvalue weighted by Crippen LogP contribution is -2.02. The number of hydrogen-bond donors (Lipinski definition) is 1. The number of nitrogen functional groups attached to an aromatic ring is 1. The van der Waals surface area contributed by atoms with Gasteiger partial charge in [-0.3, -0.25) is 0 Å². The molecule has 0 aliphatic carbocycles. The minimum Gasteiger partial charge on any atom is -0.491 e. The molecule has 0 aliphatic heterocycles. The monoisotopic (exact) mass is 287 g/mol. The first kappa shape index (κ1) is 12.6. The van der Waals surface area contributed by atoms with E-state index in [1.54, 1.807) is 23.5 Å². The number of hydrogen-bond acceptors (Lipinski definition) is 3. The number of anilines is 1. The van der Waals surface area contributed by atoms with Gasteiger partial charge in [-0.1, -0.05) is 23.2 Å². The number of thiophene rings is 1. The SMILES string of the molecule is Nc1cc(Cl)c(Cl)cc1OCCc1ccsc1. The van der Waals surface area contributed by atoms with Crippen molar-refractivity contribution >= 4 is 40.2 Å². The van der Waals surface area contributed by atoms with Crippen LogP contribution in [0.3, 0.4) is 0 Å². The van der Waals surface area contributed by atoms with Crippen LogP contribution < -0.4 is 10.5 Å². The first-order valence-corrected chi connectivity index (χ1v) is 6.75. The Morgan fingerprint density at radius 2 is 2.00 bits per heavy atom. The van der Waals surface area contributed by atoms with Crippen molar-refractivity contribution in [2.24, 2.45) is 0 Å². The standard InChI is InChI=1S/C12H11Cl2NOS/c13-9-5-11(15)12(6-10(9)14)16-3-1-8-2-4-17-7-8/h2,4-7H,1,3,15H2. The molecule has 0 radical (unpaired) electrons. The molecule has 5 heteroatoms. The average molecular weight is 288 g/mol. The molecule has 2 nitrogen and oxygen atoms in total. The van der Waals surface area contributed by atoms with E-state index < -0.39 is 0 Å². The Morgan fingerprint density at radius 1 is 1.24 bits per heavy atom. The molecule has 0 saturated carbocycles. The van der Waals surface area contributed by atoms with Gasteiger partial charge in [0.15, 0.2) is 0 Å². The van der Waals surface area contributed by atoms with Crippen molar-refractivity contribution in [3.63, 3.8) is 0 Å². The van der Waals surface area contributed by atoms with E-state index in [4.69, 9.17) is 33.7 Å². The van der Waals surface area contributed by atoms with Crippen molar-refractivity contribution in [3.8, 4) is 5.75 Å². The quantitative estimate of drug-likeness (QED) is 0.853. The van der Waals surface area contributed by atoms with Gasteiger partial charge in [-0.25, -0.2) is 0 Å². The largest absolute Gasteiger partial charge is 0.491 e. The van der Waals surface area contributed by atoms with E-state index in [9.17, 15) is 0 Å². The van der Waals surface area contributed by atoms with E-state index in [1.165, 1.54) is 5.56 Å². The summed E-state index contributed by atoms with van der Waals surface area (Å²) in [6.07, 6.45) is 0.850. The van der Waals surface area contributed by atoms with E-state index in [2.05, 4.69) is 11.4 Å². The normalized spacial score (nSPS) is 10.5. The van der Waals surface area contributed by atoms with Gasteiger partial charge in [0, 0.05) is 12.5 Å². The molecular formula is C12H11Cl2NOS. The lowest BCUT2D eigenvalue weighted by atomic mass is 10.2. The van der Waals surface area contributed by atoms with Crippen LogP contribution in [0.25, 0.3) is 0 Å². The molecule has 17 heavy (non-hydrogen) atoms. The zero-order valence-electron chi connectivity index (χ0n) is 8.95. The third-order valence-electron chi connectivity index (χ3n) is 2.28. The third-order valence-corrected chi connectivity index (χ3v) is 3.74. The van der Waals surface area contributed by atoms with Crippen LogP contribution in [0.2, 0.25) is 10.0 Å². The molecule has 0 fully saturated rings. The Hall–Kier alpha value is -0.900. The Kier molecular flexibility index (Phi) is 4.15. The summed E-state index contributed by atoms with van der Waals surface area (Å²) in [5, 5.41) is 5.03. The van der Waals surface area contributed by atoms with Crippen LogP contribution in [0, 0.1) is 0 Å². The van der Waals surface area contributed by atoms with Crippen LogP contribution in [0.4, 0.5) is 5.69 Å². The maximum atomic E-state index is 5.90. The Bertz CT molecular complexity index is 499. The average Bonchev–Trinajstić information content (AvgIpc) is 2.78. The van der Waals surface area contributed by atoms with E-state index in [-0.39, 0.29) is 0 Å². The van der Waals surface area contributed by atoms with Gasteiger partial charge in [0.25, 0.3) is 0 Å². The molecule has 2 N–H and O–H groups in total. The van der Waals surface area contributed by atoms with Crippen LogP contribution in [0.5, 0.6) is 5.75 Å². The van der Waals surface area contributed by atoms with E-state index in [0.29, 0.717) is 28.1 Å². The molecule has 2 rings (SSSR count). The van der Waals surface area contributed by atoms with Gasteiger partial charge in [-0.2, -0.15) is 11.3 Å². The molecule has 90 valence electrons. The fraction of sp³-hybridized carbons (Fsp3) is 0.167. The molecule has 1 aromatic carbocycles. The fourth-order valence-corrected chi connectivity index (χ4v) is 2.41. The maximum absolute atomic E-state index is 5.90. The van der Waals surface area contributed by atoms with E-state index in [1.807, 2.05) is 5.38 Å². The summed E-state index contributed by atoms with van der Waals surface area (Å²) in [5.74, 6) is 0.578. The molecule has 0 saturated heterocycles. The summed E-state index contributed by atoms with van der Waals surface area (Å²) >= 11 is 13.4. The molecule has 1 aromatic heterocycles. The smallest absolute Gasteiger partial charge is 0.143 e. The van der Waals surface area contributed by atoms with Gasteiger partial charge in [0.2, 0.25) is 0 Å². The molecule has 0 unspecified atom stereocenters. The summed E-state index contributed by atoms with van der Waals surface area (Å²) in [4.78, 5) is 0. The Morgan fingerprint density at radius 3 is 2.71 bits per heavy atom. The predicted octanol–water partition coefficient (Wildman–Crippen LogP) is 4.26. The number of ether oxygens (including phenoxy) is 1. The minimum atomic E-state index is 0.439. The highest BCUT2D eigenvalue weighted by atomic mass is 35.5. The van der Waals surface area contributed by atoms with Crippen LogP contribution in [-0.4, -0.2) is 6.61 Å². The van der Waals surface area contributed by atoms with Crippen LogP contribution in [0.1, 0.15) is 5.56 Å². The molecule has 2 aromatic rings. The fourth-order valence-electron chi connectivity index (χ4n) is 1.38. The Labute approximate surface area is 114 Å². The first-order valence-electron chi connectivity index (χ1n) is 5.05. The topological polar surface area (TPSA) is 35.2 Å². The second-order valence-corrected chi connectivity index (χ2v) is 5.13. The zero-order valence-corrected chi connectivity index (χ0v) is 11.3. The highest BCUT2D eigenvalue weighted by molar-refractivity contribution is 7.07. The Balaban J connectivity index is 1.97. The van der Waals surface area contributed by atoms with Crippen molar-refractivity contribution < 1.29 is 4.74 Å². The maximum Gasteiger partial charge on any atom is 0.143 e. The third kappa shape index (κ3) is 3.28. The summed E-state index contributed by atoms with van der Waals surface area (Å²) in [6.45, 7) is 0.568. The molecule has 0 spiro atoms. The van der Waals surface area contributed by atoms with Gasteiger partial charge in [0.05, 0.1) is 22.3 Å². The van der Waals surface area contributed by atoms with E-state index >= 15 is 0 Å². The second-order valence-electron chi connectivity index (χ2n) is 3.53. The lowest BCUT2D eigenvalue weighted by Gasteiger charge is -2.09. The minimum absolute atomic E-state index is 0.439. The zero-order chi connectivity index (χ0) is 12.3. The lowest BCUT2D eigenvalue weighted by molar-refractivity contribution is 0.324. The van der Waals surface area contributed by atoms with Gasteiger partial charge in [-0.05, 0) is 28.5 Å². The van der Waals surface area contributed by atoms with Gasteiger partial charge in [-0.15, -0.1) is 0 Å². The molecule has 0 atom stereocenters. The van der Waals surface area contributed by atoms with Crippen molar-refractivity contribution in [1.29, 1.82) is 0 Å². The molecule has 0 bridgehead atoms. The summed E-state index contributed by atoms with van der Waals surface area (Å²) in [6, 6.07) is 5.32. The molecule has 0 amide bonds. The highest BCUT2D eigenvalue weighted by Crippen LogP contribution is 2.32. The number of benzene rings is 1. The van der Waals surface area contributed by atoms with Crippen molar-refractivity contribution in [2.45, 2.75) is 6.42 Å². The van der Waals surface area contributed by atoms with Gasteiger partial charge < -0.3 is 10.5 Å². The molecule has 1 heterocycles. The highest BCUT2D eigenvalue weighted by Gasteiger charge is 2.06. The van der Waals surface area contributed by atoms with Crippen molar-refractivity contribution in [2.75, 3.05) is 12.3 Å². The van der Waals surface area contributed by atoms with Crippen LogP contribution >= 0.6 is 34.5 Å². The van der Waals surface area contributed by atoms with Crippen LogP contribution in [-0.2, 0) is 6.42 Å². The number of rotatable bonds is 4. The van der Waals surface area contributed by atoms with Crippen molar-refractivity contribution in [3.05, 3.63) is 44.6 Å². The van der Waals surface area contributed by atoms with Gasteiger partial charge in [0.1, 0.15) is 5.75 Å². The van der Waals surface area contributed by atoms with Gasteiger partial charge >= 0.3 is 0 Å². The summed E-state index contributed by atoms with van der Waals surface area (Å²) < 4.78 is 5.58. The van der Waals surface area contributed by atoms with Crippen LogP contribution in [0.15, 0.2) is 29.0 Å². The predicted molar refractivity (Wildman–Crippen MR) is 74.4 cm³/mol. The molecule has 0 aliphatic rings. The first-order chi connectivity index (χ1) is 8.16. The second kappa shape index (κ2) is 5.63. The molecular weight excluding hydrogens is 277 g/mol. The van der Waals surface area contributed by atoms with Crippen molar-refractivity contribution in [1.82, 2.24) is 0 Å². The number of halogens is 2. The summed E-state index contributed by atoms with van der Waals surface area (Å²) in [5.41, 5.74) is 7.55. The van der Waals surface area contributed by atoms with E-state index in [0.717, 1.165) is 6.42 Å². The number of nitrogens with two attached hydrogens (primary N) is 1.